The second-order valence-corrected chi connectivity index (χ2v) is 6.06. The molecule has 0 saturated carbocycles. The average Bonchev–Trinajstić information content (AvgIpc) is 2.60. The Hall–Kier alpha value is -1.15. The Morgan fingerprint density at radius 3 is 2.47 bits per heavy atom. The lowest BCUT2D eigenvalue weighted by molar-refractivity contribution is -0.141. The summed E-state index contributed by atoms with van der Waals surface area (Å²) in [5.74, 6) is -0.345. The van der Waals surface area contributed by atoms with Crippen molar-refractivity contribution >= 4 is 25.7 Å². The van der Waals surface area contributed by atoms with Crippen molar-refractivity contribution in [1.29, 1.82) is 0 Å². The molecule has 0 N–H and O–H groups in total. The molecule has 0 radical (unpaired) electrons. The maximum atomic E-state index is 11.2. The molecule has 0 atom stereocenters. The number of nitrogens with zero attached hydrogens (tertiary/aromatic N) is 3. The van der Waals surface area contributed by atoms with Crippen molar-refractivity contribution in [1.82, 2.24) is 14.8 Å². The number of aromatic nitrogens is 3. The molecule has 0 aliphatic carbocycles. The Labute approximate surface area is 103 Å². The first-order chi connectivity index (χ1) is 7.77. The summed E-state index contributed by atoms with van der Waals surface area (Å²) in [6, 6.07) is 0. The molecule has 1 aromatic rings. The maximum Gasteiger partial charge on any atom is 0.325 e. The van der Waals surface area contributed by atoms with E-state index in [0.29, 0.717) is 5.82 Å². The highest BCUT2D eigenvalue weighted by Gasteiger charge is 2.25. The molecule has 1 aromatic heterocycles. The largest absolute Gasteiger partial charge is 0.468 e. The molecule has 1 rings (SSSR count). The Kier molecular flexibility index (Phi) is 4.10. The molecule has 9 heteroatoms. The van der Waals surface area contributed by atoms with E-state index in [4.69, 9.17) is 10.7 Å². The minimum atomic E-state index is -4.05. The van der Waals surface area contributed by atoms with E-state index in [1.165, 1.54) is 7.11 Å². The van der Waals surface area contributed by atoms with E-state index in [1.54, 1.807) is 13.8 Å². The number of carbonyl (C=O) groups excluding carboxylic acids is 1. The number of methoxy groups -OCH3 is 1. The quantitative estimate of drug-likeness (QED) is 0.590. The van der Waals surface area contributed by atoms with Crippen LogP contribution < -0.4 is 0 Å². The standard InChI is InChI=1S/C8H12ClN3O4S/c1-5(2)7-10-11-8(17(9,14)15)12(7)4-6(13)16-3/h5H,4H2,1-3H3. The SMILES string of the molecule is COC(=O)Cn1c(C(C)C)nnc1S(=O)(=O)Cl. The number of halogens is 1. The van der Waals surface area contributed by atoms with Crippen LogP contribution in [-0.4, -0.2) is 36.3 Å². The highest BCUT2D eigenvalue weighted by Crippen LogP contribution is 2.19. The maximum absolute atomic E-state index is 11.2. The van der Waals surface area contributed by atoms with E-state index in [-0.39, 0.29) is 12.5 Å². The van der Waals surface area contributed by atoms with E-state index in [2.05, 4.69) is 14.9 Å². The van der Waals surface area contributed by atoms with Gasteiger partial charge in [0.15, 0.2) is 0 Å². The van der Waals surface area contributed by atoms with Gasteiger partial charge in [-0.15, -0.1) is 10.2 Å². The van der Waals surface area contributed by atoms with Crippen LogP contribution in [0.4, 0.5) is 0 Å². The number of rotatable bonds is 4. The molecule has 0 fully saturated rings. The molecule has 1 heterocycles. The second-order valence-electron chi connectivity index (χ2n) is 3.60. The van der Waals surface area contributed by atoms with Crippen molar-refractivity contribution < 1.29 is 17.9 Å². The van der Waals surface area contributed by atoms with Gasteiger partial charge in [-0.25, -0.2) is 8.42 Å². The summed E-state index contributed by atoms with van der Waals surface area (Å²) in [6.45, 7) is 3.29. The smallest absolute Gasteiger partial charge is 0.325 e. The number of carbonyl (C=O) groups is 1. The van der Waals surface area contributed by atoms with Crippen molar-refractivity contribution in [2.24, 2.45) is 0 Å². The molecule has 0 bridgehead atoms. The predicted molar refractivity (Wildman–Crippen MR) is 59.2 cm³/mol. The van der Waals surface area contributed by atoms with Crippen LogP contribution in [0.15, 0.2) is 5.16 Å². The third-order valence-electron chi connectivity index (χ3n) is 1.99. The molecule has 0 spiro atoms. The Morgan fingerprint density at radius 2 is 2.06 bits per heavy atom. The van der Waals surface area contributed by atoms with Gasteiger partial charge in [0.1, 0.15) is 12.4 Å². The van der Waals surface area contributed by atoms with E-state index in [0.717, 1.165) is 4.57 Å². The van der Waals surface area contributed by atoms with Crippen LogP contribution in [0.3, 0.4) is 0 Å². The summed E-state index contributed by atoms with van der Waals surface area (Å²) >= 11 is 0. The van der Waals surface area contributed by atoms with Crippen LogP contribution in [0.1, 0.15) is 25.6 Å². The fourth-order valence-electron chi connectivity index (χ4n) is 1.25. The minimum absolute atomic E-state index is 0.0978. The van der Waals surface area contributed by atoms with Gasteiger partial charge in [-0.1, -0.05) is 13.8 Å². The summed E-state index contributed by atoms with van der Waals surface area (Å²) in [7, 11) is 2.36. The van der Waals surface area contributed by atoms with Crippen molar-refractivity contribution in [2.75, 3.05) is 7.11 Å². The number of ether oxygens (including phenoxy) is 1. The highest BCUT2D eigenvalue weighted by atomic mass is 35.7. The van der Waals surface area contributed by atoms with Gasteiger partial charge in [-0.2, -0.15) is 0 Å². The molecule has 96 valence electrons. The zero-order chi connectivity index (χ0) is 13.2. The Balaban J connectivity index is 3.30. The van der Waals surface area contributed by atoms with Gasteiger partial charge in [0.25, 0.3) is 14.2 Å². The summed E-state index contributed by atoms with van der Waals surface area (Å²) < 4.78 is 28.1. The second kappa shape index (κ2) is 5.01. The van der Waals surface area contributed by atoms with Gasteiger partial charge in [0.05, 0.1) is 7.11 Å². The first-order valence-corrected chi connectivity index (χ1v) is 7.03. The van der Waals surface area contributed by atoms with E-state index in [1.807, 2.05) is 0 Å². The topological polar surface area (TPSA) is 91.2 Å². The zero-order valence-corrected chi connectivity index (χ0v) is 11.1. The lowest BCUT2D eigenvalue weighted by Gasteiger charge is -2.09. The van der Waals surface area contributed by atoms with Gasteiger partial charge in [-0.3, -0.25) is 9.36 Å². The molecule has 17 heavy (non-hydrogen) atoms. The minimum Gasteiger partial charge on any atom is -0.468 e. The predicted octanol–water partition coefficient (Wildman–Crippen LogP) is 0.502. The molecular formula is C8H12ClN3O4S. The van der Waals surface area contributed by atoms with Crippen LogP contribution in [0.25, 0.3) is 0 Å². The molecule has 0 aliphatic rings. The Bertz CT molecular complexity index is 523. The zero-order valence-electron chi connectivity index (χ0n) is 9.55. The van der Waals surface area contributed by atoms with Crippen LogP contribution in [0.2, 0.25) is 0 Å². The summed E-state index contributed by atoms with van der Waals surface area (Å²) in [5.41, 5.74) is 0. The van der Waals surface area contributed by atoms with Crippen LogP contribution >= 0.6 is 10.7 Å². The molecule has 7 nitrogen and oxygen atoms in total. The summed E-state index contributed by atoms with van der Waals surface area (Å²) in [6.07, 6.45) is 0. The van der Waals surface area contributed by atoms with Crippen LogP contribution in [-0.2, 0) is 25.1 Å². The van der Waals surface area contributed by atoms with Crippen molar-refractivity contribution in [3.8, 4) is 0 Å². The lowest BCUT2D eigenvalue weighted by Crippen LogP contribution is -2.18. The fourth-order valence-corrected chi connectivity index (χ4v) is 2.15. The van der Waals surface area contributed by atoms with Crippen molar-refractivity contribution in [2.45, 2.75) is 31.5 Å². The summed E-state index contributed by atoms with van der Waals surface area (Å²) in [4.78, 5) is 11.2. The first-order valence-electron chi connectivity index (χ1n) is 4.72. The number of hydrogen-bond donors (Lipinski definition) is 0. The van der Waals surface area contributed by atoms with E-state index >= 15 is 0 Å². The van der Waals surface area contributed by atoms with E-state index in [9.17, 15) is 13.2 Å². The van der Waals surface area contributed by atoms with Gasteiger partial charge in [0.2, 0.25) is 0 Å². The molecule has 0 amide bonds. The Morgan fingerprint density at radius 1 is 1.47 bits per heavy atom. The average molecular weight is 282 g/mol. The highest BCUT2D eigenvalue weighted by molar-refractivity contribution is 8.13. The normalized spacial score (nSPS) is 11.8. The van der Waals surface area contributed by atoms with Gasteiger partial charge in [-0.05, 0) is 0 Å². The number of hydrogen-bond acceptors (Lipinski definition) is 6. The molecule has 0 aliphatic heterocycles. The third kappa shape index (κ3) is 3.16. The molecule has 0 unspecified atom stereocenters. The summed E-state index contributed by atoms with van der Waals surface area (Å²) in [5, 5.41) is 6.74. The van der Waals surface area contributed by atoms with Crippen molar-refractivity contribution in [3.05, 3.63) is 5.82 Å². The fraction of sp³-hybridized carbons (Fsp3) is 0.625. The number of esters is 1. The van der Waals surface area contributed by atoms with E-state index < -0.39 is 20.2 Å². The van der Waals surface area contributed by atoms with Crippen LogP contribution in [0.5, 0.6) is 0 Å². The first kappa shape index (κ1) is 13.9. The lowest BCUT2D eigenvalue weighted by atomic mass is 10.2. The van der Waals surface area contributed by atoms with Crippen LogP contribution in [0, 0.1) is 0 Å². The molecule has 0 aromatic carbocycles. The molecule has 0 saturated heterocycles. The third-order valence-corrected chi connectivity index (χ3v) is 3.15. The van der Waals surface area contributed by atoms with Gasteiger partial charge in [0, 0.05) is 16.6 Å². The van der Waals surface area contributed by atoms with Crippen molar-refractivity contribution in [3.63, 3.8) is 0 Å². The monoisotopic (exact) mass is 281 g/mol. The molecular weight excluding hydrogens is 270 g/mol. The van der Waals surface area contributed by atoms with Gasteiger partial charge < -0.3 is 4.74 Å². The van der Waals surface area contributed by atoms with Gasteiger partial charge >= 0.3 is 5.97 Å².